The zero-order chi connectivity index (χ0) is 20.9. The SMILES string of the molecule is Cc1cc(C)n(-c2ccc(NCCNC(=O)Nc3ccc4ccccc4c3)nn2)n1. The minimum atomic E-state index is -0.252. The first-order chi connectivity index (χ1) is 14.6. The number of fused-ring (bicyclic) bond motifs is 1. The maximum atomic E-state index is 12.1. The van der Waals surface area contributed by atoms with Crippen molar-refractivity contribution in [3.05, 3.63) is 72.1 Å². The highest BCUT2D eigenvalue weighted by molar-refractivity contribution is 5.93. The summed E-state index contributed by atoms with van der Waals surface area (Å²) in [4.78, 5) is 12.1. The molecule has 4 rings (SSSR count). The van der Waals surface area contributed by atoms with Gasteiger partial charge in [0.2, 0.25) is 0 Å². The third-order valence-electron chi connectivity index (χ3n) is 4.60. The summed E-state index contributed by atoms with van der Waals surface area (Å²) in [5, 5.41) is 23.8. The van der Waals surface area contributed by atoms with Crippen LogP contribution in [-0.4, -0.2) is 39.1 Å². The number of anilines is 2. The maximum Gasteiger partial charge on any atom is 0.319 e. The van der Waals surface area contributed by atoms with E-state index in [-0.39, 0.29) is 6.03 Å². The summed E-state index contributed by atoms with van der Waals surface area (Å²) in [7, 11) is 0. The van der Waals surface area contributed by atoms with E-state index in [1.807, 2.05) is 74.5 Å². The number of carbonyl (C=O) groups excluding carboxylic acids is 1. The molecule has 0 spiro atoms. The number of urea groups is 1. The Morgan fingerprint density at radius 1 is 0.933 bits per heavy atom. The lowest BCUT2D eigenvalue weighted by Crippen LogP contribution is -2.32. The molecule has 0 bridgehead atoms. The molecule has 8 heteroatoms. The highest BCUT2D eigenvalue weighted by Gasteiger charge is 2.06. The highest BCUT2D eigenvalue weighted by Crippen LogP contribution is 2.18. The molecule has 0 atom stereocenters. The summed E-state index contributed by atoms with van der Waals surface area (Å²) < 4.78 is 1.75. The Kier molecular flexibility index (Phi) is 5.56. The Morgan fingerprint density at radius 2 is 1.77 bits per heavy atom. The molecular formula is C22H23N7O. The van der Waals surface area contributed by atoms with Crippen LogP contribution in [0.4, 0.5) is 16.3 Å². The van der Waals surface area contributed by atoms with Crippen molar-refractivity contribution < 1.29 is 4.79 Å². The number of hydrogen-bond donors (Lipinski definition) is 3. The second kappa shape index (κ2) is 8.60. The van der Waals surface area contributed by atoms with Gasteiger partial charge in [0.25, 0.3) is 0 Å². The van der Waals surface area contributed by atoms with Crippen LogP contribution in [-0.2, 0) is 0 Å². The topological polar surface area (TPSA) is 96.8 Å². The first-order valence-corrected chi connectivity index (χ1v) is 9.73. The van der Waals surface area contributed by atoms with Crippen LogP contribution in [0.5, 0.6) is 0 Å². The van der Waals surface area contributed by atoms with Gasteiger partial charge in [-0.1, -0.05) is 30.3 Å². The third kappa shape index (κ3) is 4.54. The number of aryl methyl sites for hydroxylation is 2. The Labute approximate surface area is 174 Å². The minimum Gasteiger partial charge on any atom is -0.367 e. The Bertz CT molecular complexity index is 1170. The molecule has 0 aliphatic rings. The molecule has 0 unspecified atom stereocenters. The van der Waals surface area contributed by atoms with Crippen molar-refractivity contribution in [1.29, 1.82) is 0 Å². The number of rotatable bonds is 6. The number of nitrogens with one attached hydrogen (secondary N) is 3. The van der Waals surface area contributed by atoms with Gasteiger partial charge in [-0.25, -0.2) is 9.48 Å². The molecule has 0 aliphatic carbocycles. The molecule has 2 amide bonds. The van der Waals surface area contributed by atoms with Crippen LogP contribution in [0, 0.1) is 13.8 Å². The van der Waals surface area contributed by atoms with Crippen molar-refractivity contribution in [2.24, 2.45) is 0 Å². The van der Waals surface area contributed by atoms with Gasteiger partial charge in [-0.2, -0.15) is 5.10 Å². The lowest BCUT2D eigenvalue weighted by molar-refractivity contribution is 0.252. The lowest BCUT2D eigenvalue weighted by Gasteiger charge is -2.10. The van der Waals surface area contributed by atoms with Crippen molar-refractivity contribution in [3.63, 3.8) is 0 Å². The first-order valence-electron chi connectivity index (χ1n) is 9.73. The van der Waals surface area contributed by atoms with Crippen LogP contribution in [0.15, 0.2) is 60.7 Å². The smallest absolute Gasteiger partial charge is 0.319 e. The van der Waals surface area contributed by atoms with Gasteiger partial charge in [-0.3, -0.25) is 0 Å². The zero-order valence-electron chi connectivity index (χ0n) is 16.9. The standard InChI is InChI=1S/C22H23N7O/c1-15-13-16(2)29(28-15)21-10-9-20(26-27-21)23-11-12-24-22(30)25-19-8-7-17-5-3-4-6-18(17)14-19/h3-10,13-14H,11-12H2,1-2H3,(H,23,26)(H2,24,25,30). The molecule has 2 heterocycles. The summed E-state index contributed by atoms with van der Waals surface area (Å²) in [5.41, 5.74) is 2.69. The van der Waals surface area contributed by atoms with E-state index in [1.54, 1.807) is 4.68 Å². The number of aromatic nitrogens is 4. The summed E-state index contributed by atoms with van der Waals surface area (Å²) in [6.45, 7) is 4.89. The van der Waals surface area contributed by atoms with Crippen molar-refractivity contribution in [2.45, 2.75) is 13.8 Å². The Morgan fingerprint density at radius 3 is 2.50 bits per heavy atom. The van der Waals surface area contributed by atoms with Crippen molar-refractivity contribution in [1.82, 2.24) is 25.3 Å². The summed E-state index contributed by atoms with van der Waals surface area (Å²) in [5.74, 6) is 1.30. The van der Waals surface area contributed by atoms with Gasteiger partial charge < -0.3 is 16.0 Å². The van der Waals surface area contributed by atoms with E-state index in [1.165, 1.54) is 0 Å². The average Bonchev–Trinajstić information content (AvgIpc) is 3.09. The lowest BCUT2D eigenvalue weighted by atomic mass is 10.1. The van der Waals surface area contributed by atoms with E-state index in [0.29, 0.717) is 24.7 Å². The second-order valence-electron chi connectivity index (χ2n) is 6.99. The van der Waals surface area contributed by atoms with Crippen LogP contribution in [0.2, 0.25) is 0 Å². The molecule has 0 saturated carbocycles. The summed E-state index contributed by atoms with van der Waals surface area (Å²) >= 11 is 0. The number of amides is 2. The fourth-order valence-electron chi connectivity index (χ4n) is 3.20. The van der Waals surface area contributed by atoms with E-state index in [2.05, 4.69) is 31.2 Å². The number of hydrogen-bond acceptors (Lipinski definition) is 5. The predicted molar refractivity (Wildman–Crippen MR) is 118 cm³/mol. The Hall–Kier alpha value is -3.94. The van der Waals surface area contributed by atoms with Gasteiger partial charge in [0.1, 0.15) is 5.82 Å². The van der Waals surface area contributed by atoms with E-state index < -0.39 is 0 Å². The molecule has 0 aliphatic heterocycles. The minimum absolute atomic E-state index is 0.252. The van der Waals surface area contributed by atoms with Crippen molar-refractivity contribution >= 4 is 28.3 Å². The fraction of sp³-hybridized carbons (Fsp3) is 0.182. The molecule has 4 aromatic rings. The van der Waals surface area contributed by atoms with Crippen LogP contribution >= 0.6 is 0 Å². The van der Waals surface area contributed by atoms with Gasteiger partial charge in [-0.05, 0) is 55.0 Å². The van der Waals surface area contributed by atoms with E-state index >= 15 is 0 Å². The van der Waals surface area contributed by atoms with Gasteiger partial charge in [-0.15, -0.1) is 10.2 Å². The summed E-state index contributed by atoms with van der Waals surface area (Å²) in [6, 6.07) is 19.3. The van der Waals surface area contributed by atoms with Gasteiger partial charge in [0, 0.05) is 24.5 Å². The quantitative estimate of drug-likeness (QED) is 0.429. The first kappa shape index (κ1) is 19.4. The molecule has 0 saturated heterocycles. The molecule has 2 aromatic carbocycles. The fourth-order valence-corrected chi connectivity index (χ4v) is 3.20. The number of nitrogens with zero attached hydrogens (tertiary/aromatic N) is 4. The maximum absolute atomic E-state index is 12.1. The predicted octanol–water partition coefficient (Wildman–Crippen LogP) is 3.67. The van der Waals surface area contributed by atoms with Crippen LogP contribution in [0.3, 0.4) is 0 Å². The van der Waals surface area contributed by atoms with Gasteiger partial charge in [0.15, 0.2) is 5.82 Å². The Balaban J connectivity index is 1.24. The third-order valence-corrected chi connectivity index (χ3v) is 4.60. The molecular weight excluding hydrogens is 378 g/mol. The summed E-state index contributed by atoms with van der Waals surface area (Å²) in [6.07, 6.45) is 0. The second-order valence-corrected chi connectivity index (χ2v) is 6.99. The van der Waals surface area contributed by atoms with E-state index in [0.717, 1.165) is 27.8 Å². The van der Waals surface area contributed by atoms with Crippen molar-refractivity contribution in [2.75, 3.05) is 23.7 Å². The van der Waals surface area contributed by atoms with E-state index in [4.69, 9.17) is 0 Å². The number of benzene rings is 2. The molecule has 0 fully saturated rings. The monoisotopic (exact) mass is 401 g/mol. The zero-order valence-corrected chi connectivity index (χ0v) is 16.9. The normalized spacial score (nSPS) is 10.7. The van der Waals surface area contributed by atoms with E-state index in [9.17, 15) is 4.79 Å². The largest absolute Gasteiger partial charge is 0.367 e. The van der Waals surface area contributed by atoms with Crippen LogP contribution in [0.25, 0.3) is 16.6 Å². The average molecular weight is 401 g/mol. The van der Waals surface area contributed by atoms with Crippen LogP contribution < -0.4 is 16.0 Å². The highest BCUT2D eigenvalue weighted by atomic mass is 16.2. The van der Waals surface area contributed by atoms with Crippen molar-refractivity contribution in [3.8, 4) is 5.82 Å². The number of carbonyl (C=O) groups is 1. The molecule has 152 valence electrons. The van der Waals surface area contributed by atoms with Crippen LogP contribution in [0.1, 0.15) is 11.4 Å². The molecule has 30 heavy (non-hydrogen) atoms. The molecule has 3 N–H and O–H groups in total. The molecule has 2 aromatic heterocycles. The van der Waals surface area contributed by atoms with Gasteiger partial charge >= 0.3 is 6.03 Å². The van der Waals surface area contributed by atoms with Gasteiger partial charge in [0.05, 0.1) is 5.69 Å². The molecule has 8 nitrogen and oxygen atoms in total. The molecule has 0 radical (unpaired) electrons.